The van der Waals surface area contributed by atoms with Crippen molar-refractivity contribution in [2.45, 2.75) is 210 Å². The number of aliphatic hydroxyl groups excluding tert-OH is 1. The van der Waals surface area contributed by atoms with E-state index in [1.165, 1.54) is 109 Å². The molecule has 0 aliphatic carbocycles. The molecule has 0 heterocycles. The number of phosphoric ester groups is 2. The first-order valence-electron chi connectivity index (χ1n) is 24.3. The highest BCUT2D eigenvalue weighted by Crippen LogP contribution is 2.44. The maximum absolute atomic E-state index is 12.6. The van der Waals surface area contributed by atoms with Gasteiger partial charge in [-0.15, -0.1) is 0 Å². The summed E-state index contributed by atoms with van der Waals surface area (Å²) in [4.78, 5) is 19.6. The lowest BCUT2D eigenvalue weighted by molar-refractivity contribution is -0.0492. The highest BCUT2D eigenvalue weighted by atomic mass is 31.2. The Morgan fingerprint density at radius 1 is 0.417 bits per heavy atom. The maximum Gasteiger partial charge on any atom is 0.472 e. The fraction of sp³-hybridized carbons (Fsp3) is 1.00. The summed E-state index contributed by atoms with van der Waals surface area (Å²) in [6.45, 7) is 23.1. The first-order chi connectivity index (χ1) is 28.2. The van der Waals surface area contributed by atoms with E-state index in [1.807, 2.05) is 0 Å². The van der Waals surface area contributed by atoms with Crippen LogP contribution in [0.2, 0.25) is 0 Å². The Morgan fingerprint density at radius 2 is 0.733 bits per heavy atom. The Bertz CT molecular complexity index is 1080. The molecule has 0 aromatic carbocycles. The topological polar surface area (TPSA) is 150 Å². The molecular weight excluding hydrogens is 802 g/mol. The summed E-state index contributed by atoms with van der Waals surface area (Å²) in [5, 5.41) is 9.99. The number of hydrogen-bond donors (Lipinski definition) is 3. The lowest BCUT2D eigenvalue weighted by Gasteiger charge is -2.22. The second-order valence-corrected chi connectivity index (χ2v) is 22.8. The molecule has 0 aromatic rings. The second kappa shape index (κ2) is 36.3. The van der Waals surface area contributed by atoms with E-state index >= 15 is 0 Å². The van der Waals surface area contributed by atoms with Crippen LogP contribution in [0.5, 0.6) is 0 Å². The summed E-state index contributed by atoms with van der Waals surface area (Å²) < 4.78 is 55.4. The van der Waals surface area contributed by atoms with Gasteiger partial charge < -0.3 is 24.4 Å². The van der Waals surface area contributed by atoms with Gasteiger partial charge in [0.1, 0.15) is 12.2 Å². The van der Waals surface area contributed by atoms with Crippen molar-refractivity contribution in [2.75, 3.05) is 46.8 Å². The van der Waals surface area contributed by atoms with Gasteiger partial charge in [0, 0.05) is 20.3 Å². The summed E-state index contributed by atoms with van der Waals surface area (Å²) in [5.41, 5.74) is 0. The minimum Gasteiger partial charge on any atom is -0.388 e. The van der Waals surface area contributed by atoms with E-state index in [2.05, 4.69) is 78.3 Å². The monoisotopic (exact) mass is 901 g/mol. The van der Waals surface area contributed by atoms with E-state index in [9.17, 15) is 24.0 Å². The zero-order valence-electron chi connectivity index (χ0n) is 40.7. The third kappa shape index (κ3) is 38.5. The van der Waals surface area contributed by atoms with Gasteiger partial charge in [0.2, 0.25) is 0 Å². The van der Waals surface area contributed by atoms with Crippen molar-refractivity contribution in [1.82, 2.24) is 0 Å². The molecule has 0 fully saturated rings. The summed E-state index contributed by atoms with van der Waals surface area (Å²) in [5.74, 6) is 5.77. The molecule has 0 saturated carbocycles. The lowest BCUT2D eigenvalue weighted by atomic mass is 9.91. The van der Waals surface area contributed by atoms with E-state index in [1.54, 1.807) is 0 Å². The van der Waals surface area contributed by atoms with Crippen LogP contribution in [0, 0.1) is 47.3 Å². The van der Waals surface area contributed by atoms with Gasteiger partial charge in [-0.1, -0.05) is 185 Å². The SMILES string of the molecule is COP(=O)(O)OC[C@@H](O)COP(=O)(O)OC[C@H](COCC[C@H](C)CCC[C@H](C)CCC[C@H](C)CCCC(C)C)OCC[C@H](C)CCC[C@H](C)CCC[C@H](C)CCCC(C)C. The largest absolute Gasteiger partial charge is 0.472 e. The Morgan fingerprint density at radius 3 is 1.10 bits per heavy atom. The molecule has 0 radical (unpaired) electrons. The van der Waals surface area contributed by atoms with Crippen molar-refractivity contribution >= 4 is 15.6 Å². The molecule has 362 valence electrons. The van der Waals surface area contributed by atoms with Crippen molar-refractivity contribution < 1.29 is 51.6 Å². The summed E-state index contributed by atoms with van der Waals surface area (Å²) in [6.07, 6.45) is 23.0. The Labute approximate surface area is 370 Å². The molecule has 11 nitrogen and oxygen atoms in total. The predicted molar refractivity (Wildman–Crippen MR) is 248 cm³/mol. The van der Waals surface area contributed by atoms with Crippen LogP contribution in [0.3, 0.4) is 0 Å². The van der Waals surface area contributed by atoms with Crippen LogP contribution in [-0.4, -0.2) is 73.9 Å². The fourth-order valence-electron chi connectivity index (χ4n) is 7.63. The minimum absolute atomic E-state index is 0.209. The smallest absolute Gasteiger partial charge is 0.388 e. The molecule has 0 bridgehead atoms. The van der Waals surface area contributed by atoms with Crippen LogP contribution in [0.15, 0.2) is 0 Å². The molecule has 0 rings (SSSR count). The van der Waals surface area contributed by atoms with Gasteiger partial charge in [0.05, 0.1) is 26.4 Å². The Kier molecular flexibility index (Phi) is 36.4. The van der Waals surface area contributed by atoms with Crippen molar-refractivity contribution in [3.63, 3.8) is 0 Å². The third-order valence-corrected chi connectivity index (χ3v) is 14.0. The van der Waals surface area contributed by atoms with Gasteiger partial charge in [-0.25, -0.2) is 9.13 Å². The maximum atomic E-state index is 12.6. The molecule has 10 atom stereocenters. The van der Waals surface area contributed by atoms with Crippen LogP contribution in [0.1, 0.15) is 198 Å². The van der Waals surface area contributed by atoms with Crippen LogP contribution in [-0.2, 0) is 36.7 Å². The van der Waals surface area contributed by atoms with E-state index in [4.69, 9.17) is 18.5 Å². The quantitative estimate of drug-likeness (QED) is 0.0396. The highest BCUT2D eigenvalue weighted by Gasteiger charge is 2.27. The van der Waals surface area contributed by atoms with Gasteiger partial charge in [-0.3, -0.25) is 18.1 Å². The first-order valence-corrected chi connectivity index (χ1v) is 27.2. The van der Waals surface area contributed by atoms with Crippen molar-refractivity contribution in [1.29, 1.82) is 0 Å². The molecule has 0 aliphatic heterocycles. The molecule has 13 heteroatoms. The average Bonchev–Trinajstić information content (AvgIpc) is 3.16. The molecule has 0 spiro atoms. The van der Waals surface area contributed by atoms with Crippen LogP contribution in [0.25, 0.3) is 0 Å². The molecule has 60 heavy (non-hydrogen) atoms. The molecular formula is C47H98O11P2. The van der Waals surface area contributed by atoms with Crippen molar-refractivity contribution in [2.24, 2.45) is 47.3 Å². The second-order valence-electron chi connectivity index (χ2n) is 19.8. The minimum atomic E-state index is -4.58. The van der Waals surface area contributed by atoms with Gasteiger partial charge in [-0.2, -0.15) is 0 Å². The van der Waals surface area contributed by atoms with E-state index in [-0.39, 0.29) is 13.2 Å². The van der Waals surface area contributed by atoms with Gasteiger partial charge in [0.15, 0.2) is 0 Å². The van der Waals surface area contributed by atoms with E-state index in [0.29, 0.717) is 25.0 Å². The van der Waals surface area contributed by atoms with Crippen molar-refractivity contribution in [3.8, 4) is 0 Å². The molecule has 0 aliphatic rings. The Balaban J connectivity index is 4.73. The molecule has 0 saturated heterocycles. The summed E-state index contributed by atoms with van der Waals surface area (Å²) in [7, 11) is -7.90. The number of ether oxygens (including phenoxy) is 2. The molecule has 2 unspecified atom stereocenters. The fourth-order valence-corrected chi connectivity index (χ4v) is 8.89. The molecule has 0 amide bonds. The van der Waals surface area contributed by atoms with Crippen molar-refractivity contribution in [3.05, 3.63) is 0 Å². The number of phosphoric acid groups is 2. The Hall–Kier alpha value is 0.1000. The standard InChI is InChI=1S/C47H98O11P2/c1-38(2)18-12-20-40(5)22-14-24-42(7)26-16-28-44(9)30-32-54-36-47(37-58-60(51,52)57-35-46(48)34-56-59(49,50)53-11)55-33-31-45(10)29-17-27-43(8)25-15-23-41(6)21-13-19-39(3)4/h38-48H,12-37H2,1-11H3,(H,49,50)(H,51,52)/t40-,41-,42-,43-,44-,45-,46-,47+/m1/s1. The summed E-state index contributed by atoms with van der Waals surface area (Å²) in [6, 6.07) is 0. The zero-order valence-corrected chi connectivity index (χ0v) is 42.4. The number of rotatable bonds is 43. The molecule has 0 aromatic heterocycles. The van der Waals surface area contributed by atoms with Crippen LogP contribution in [0.4, 0.5) is 0 Å². The first kappa shape index (κ1) is 60.1. The van der Waals surface area contributed by atoms with E-state index in [0.717, 1.165) is 61.9 Å². The number of aliphatic hydroxyl groups is 1. The van der Waals surface area contributed by atoms with Crippen LogP contribution >= 0.6 is 15.6 Å². The van der Waals surface area contributed by atoms with Crippen LogP contribution < -0.4 is 0 Å². The predicted octanol–water partition coefficient (Wildman–Crippen LogP) is 13.6. The summed E-state index contributed by atoms with van der Waals surface area (Å²) >= 11 is 0. The highest BCUT2D eigenvalue weighted by molar-refractivity contribution is 7.47. The van der Waals surface area contributed by atoms with Gasteiger partial charge in [0.25, 0.3) is 0 Å². The number of hydrogen-bond acceptors (Lipinski definition) is 9. The molecule has 3 N–H and O–H groups in total. The van der Waals surface area contributed by atoms with Gasteiger partial charge >= 0.3 is 15.6 Å². The van der Waals surface area contributed by atoms with Gasteiger partial charge in [-0.05, 0) is 60.2 Å². The normalized spacial score (nSPS) is 18.5. The lowest BCUT2D eigenvalue weighted by Crippen LogP contribution is -2.27. The third-order valence-electron chi connectivity index (χ3n) is 12.1. The average molecular weight is 901 g/mol. The van der Waals surface area contributed by atoms with E-state index < -0.39 is 41.1 Å². The zero-order chi connectivity index (χ0) is 45.4.